The lowest BCUT2D eigenvalue weighted by molar-refractivity contribution is 1.18. The summed E-state index contributed by atoms with van der Waals surface area (Å²) in [7, 11) is 0. The summed E-state index contributed by atoms with van der Waals surface area (Å²) in [5.74, 6) is 0. The third kappa shape index (κ3) is 3.45. The van der Waals surface area contributed by atoms with Crippen molar-refractivity contribution in [3.05, 3.63) is 120 Å². The van der Waals surface area contributed by atoms with E-state index in [2.05, 4.69) is 123 Å². The van der Waals surface area contributed by atoms with E-state index in [1.165, 1.54) is 70.3 Å². The van der Waals surface area contributed by atoms with Crippen molar-refractivity contribution in [2.24, 2.45) is 0 Å². The van der Waals surface area contributed by atoms with Gasteiger partial charge in [0.15, 0.2) is 0 Å². The van der Waals surface area contributed by atoms with Crippen molar-refractivity contribution < 1.29 is 0 Å². The van der Waals surface area contributed by atoms with Crippen molar-refractivity contribution in [1.29, 1.82) is 0 Å². The Morgan fingerprint density at radius 2 is 1.50 bits per heavy atom. The van der Waals surface area contributed by atoms with Crippen LogP contribution in [-0.2, 0) is 0 Å². The van der Waals surface area contributed by atoms with E-state index in [1.807, 2.05) is 12.2 Å². The molecule has 6 rings (SSSR count). The maximum absolute atomic E-state index is 4.05. The molecule has 2 aromatic heterocycles. The number of nitrogens with zero attached hydrogens (tertiary/aromatic N) is 1. The van der Waals surface area contributed by atoms with Gasteiger partial charge in [0.1, 0.15) is 0 Å². The molecule has 6 aromatic rings. The van der Waals surface area contributed by atoms with Crippen LogP contribution in [-0.4, -0.2) is 4.57 Å². The Kier molecular flexibility index (Phi) is 5.47. The molecule has 0 bridgehead atoms. The van der Waals surface area contributed by atoms with Crippen molar-refractivity contribution >= 4 is 61.0 Å². The molecule has 2 heteroatoms. The summed E-state index contributed by atoms with van der Waals surface area (Å²) in [6, 6.07) is 31.1. The molecule has 0 spiro atoms. The van der Waals surface area contributed by atoms with Crippen LogP contribution >= 0.6 is 11.3 Å². The predicted octanol–water partition coefficient (Wildman–Crippen LogP) is 10.4. The van der Waals surface area contributed by atoms with Crippen LogP contribution < -0.4 is 0 Å². The van der Waals surface area contributed by atoms with Gasteiger partial charge in [0.25, 0.3) is 0 Å². The van der Waals surface area contributed by atoms with Crippen LogP contribution in [0.3, 0.4) is 0 Å². The van der Waals surface area contributed by atoms with Crippen molar-refractivity contribution in [3.63, 3.8) is 0 Å². The van der Waals surface area contributed by atoms with Crippen molar-refractivity contribution in [2.45, 2.75) is 13.8 Å². The number of benzene rings is 4. The lowest BCUT2D eigenvalue weighted by atomic mass is 10.00. The molecular weight excluding hydrogens is 454 g/mol. The molecule has 0 amide bonds. The Bertz CT molecular complexity index is 1840. The number of hydrogen-bond acceptors (Lipinski definition) is 1. The maximum Gasteiger partial charge on any atom is 0.0541 e. The van der Waals surface area contributed by atoms with E-state index in [4.69, 9.17) is 0 Å². The topological polar surface area (TPSA) is 4.93 Å². The molecular formula is C34H27NS. The van der Waals surface area contributed by atoms with Crippen molar-refractivity contribution in [3.8, 4) is 16.8 Å². The number of thiophene rings is 1. The standard InChI is InChI=1S/C34H27NS/c1-5-22(4)23-11-10-12-26(19-23)35-31-14-9-8-13-28(31)29-20-24(15-17-32(29)35)25-16-18-34-30(21-25)27(6-2)33(7-3)36-34/h5-21H,2-3H2,1,4H3. The Hall–Kier alpha value is -4.14. The minimum absolute atomic E-state index is 1.17. The maximum atomic E-state index is 4.05. The van der Waals surface area contributed by atoms with Crippen LogP contribution in [0.5, 0.6) is 0 Å². The Morgan fingerprint density at radius 3 is 2.28 bits per heavy atom. The van der Waals surface area contributed by atoms with Gasteiger partial charge in [-0.2, -0.15) is 0 Å². The highest BCUT2D eigenvalue weighted by molar-refractivity contribution is 7.20. The summed E-state index contributed by atoms with van der Waals surface area (Å²) in [5.41, 5.74) is 9.74. The minimum atomic E-state index is 1.17. The molecule has 0 saturated carbocycles. The average molecular weight is 482 g/mol. The molecule has 36 heavy (non-hydrogen) atoms. The SMILES string of the molecule is C=Cc1sc2ccc(-c3ccc4c(c3)c3ccccc3n4-c3cccc(C(C)=CC)c3)cc2c1C=C. The van der Waals surface area contributed by atoms with E-state index in [-0.39, 0.29) is 0 Å². The molecule has 0 N–H and O–H groups in total. The van der Waals surface area contributed by atoms with Gasteiger partial charge in [-0.25, -0.2) is 0 Å². The number of hydrogen-bond donors (Lipinski definition) is 0. The molecule has 0 aliphatic rings. The van der Waals surface area contributed by atoms with Crippen molar-refractivity contribution in [2.75, 3.05) is 0 Å². The van der Waals surface area contributed by atoms with Gasteiger partial charge in [-0.15, -0.1) is 11.3 Å². The fourth-order valence-electron chi connectivity index (χ4n) is 5.16. The Balaban J connectivity index is 1.58. The van der Waals surface area contributed by atoms with Gasteiger partial charge < -0.3 is 4.57 Å². The molecule has 0 atom stereocenters. The van der Waals surface area contributed by atoms with Gasteiger partial charge in [-0.05, 0) is 84.1 Å². The van der Waals surface area contributed by atoms with E-state index < -0.39 is 0 Å². The normalized spacial score (nSPS) is 12.0. The van der Waals surface area contributed by atoms with E-state index in [1.54, 1.807) is 11.3 Å². The Labute approximate surface area is 216 Å². The molecule has 0 aliphatic heterocycles. The minimum Gasteiger partial charge on any atom is -0.309 e. The highest BCUT2D eigenvalue weighted by Gasteiger charge is 2.14. The van der Waals surface area contributed by atoms with Crippen LogP contribution in [0.1, 0.15) is 29.9 Å². The molecule has 174 valence electrons. The van der Waals surface area contributed by atoms with Gasteiger partial charge in [0.05, 0.1) is 11.0 Å². The first-order valence-electron chi connectivity index (χ1n) is 12.2. The first-order valence-corrected chi connectivity index (χ1v) is 13.0. The second kappa shape index (κ2) is 8.82. The van der Waals surface area contributed by atoms with E-state index >= 15 is 0 Å². The van der Waals surface area contributed by atoms with Gasteiger partial charge in [0, 0.05) is 31.4 Å². The molecule has 1 nitrogen and oxygen atoms in total. The zero-order valence-corrected chi connectivity index (χ0v) is 21.4. The second-order valence-electron chi connectivity index (χ2n) is 9.11. The summed E-state index contributed by atoms with van der Waals surface area (Å²) < 4.78 is 3.65. The highest BCUT2D eigenvalue weighted by Crippen LogP contribution is 2.38. The van der Waals surface area contributed by atoms with E-state index in [0.29, 0.717) is 0 Å². The summed E-state index contributed by atoms with van der Waals surface area (Å²) in [6.45, 7) is 12.3. The number of fused-ring (bicyclic) bond motifs is 4. The van der Waals surface area contributed by atoms with Crippen LogP contribution in [0.4, 0.5) is 0 Å². The third-order valence-corrected chi connectivity index (χ3v) is 8.33. The van der Waals surface area contributed by atoms with Gasteiger partial charge in [-0.3, -0.25) is 0 Å². The van der Waals surface area contributed by atoms with Crippen LogP contribution in [0, 0.1) is 0 Å². The van der Waals surface area contributed by atoms with Crippen LogP contribution in [0.2, 0.25) is 0 Å². The van der Waals surface area contributed by atoms with E-state index in [0.717, 1.165) is 0 Å². The first kappa shape index (κ1) is 22.3. The molecule has 0 radical (unpaired) electrons. The number of aromatic nitrogens is 1. The Morgan fingerprint density at radius 1 is 0.750 bits per heavy atom. The molecule has 2 heterocycles. The summed E-state index contributed by atoms with van der Waals surface area (Å²) in [4.78, 5) is 1.17. The third-order valence-electron chi connectivity index (χ3n) is 7.14. The highest BCUT2D eigenvalue weighted by atomic mass is 32.1. The monoisotopic (exact) mass is 481 g/mol. The first-order chi connectivity index (χ1) is 17.6. The van der Waals surface area contributed by atoms with Crippen LogP contribution in [0.25, 0.3) is 66.4 Å². The lowest BCUT2D eigenvalue weighted by Gasteiger charge is -2.11. The molecule has 0 unspecified atom stereocenters. The second-order valence-corrected chi connectivity index (χ2v) is 10.2. The largest absolute Gasteiger partial charge is 0.309 e. The smallest absolute Gasteiger partial charge is 0.0541 e. The number of allylic oxidation sites excluding steroid dienone is 2. The molecule has 0 aliphatic carbocycles. The summed E-state index contributed by atoms with van der Waals surface area (Å²) >= 11 is 1.77. The predicted molar refractivity (Wildman–Crippen MR) is 161 cm³/mol. The lowest BCUT2D eigenvalue weighted by Crippen LogP contribution is -1.94. The van der Waals surface area contributed by atoms with Crippen LogP contribution in [0.15, 0.2) is 104 Å². The zero-order valence-electron chi connectivity index (χ0n) is 20.6. The number of rotatable bonds is 5. The number of para-hydroxylation sites is 1. The summed E-state index contributed by atoms with van der Waals surface area (Å²) in [5, 5.41) is 3.76. The van der Waals surface area contributed by atoms with Crippen molar-refractivity contribution in [1.82, 2.24) is 4.57 Å². The van der Waals surface area contributed by atoms with E-state index in [9.17, 15) is 0 Å². The molecule has 0 saturated heterocycles. The quantitative estimate of drug-likeness (QED) is 0.231. The van der Waals surface area contributed by atoms with Gasteiger partial charge >= 0.3 is 0 Å². The molecule has 4 aromatic carbocycles. The fourth-order valence-corrected chi connectivity index (χ4v) is 6.20. The zero-order chi connectivity index (χ0) is 24.8. The molecule has 0 fully saturated rings. The fraction of sp³-hybridized carbons (Fsp3) is 0.0588. The summed E-state index contributed by atoms with van der Waals surface area (Å²) in [6.07, 6.45) is 6.03. The van der Waals surface area contributed by atoms with Gasteiger partial charge in [-0.1, -0.05) is 73.9 Å². The van der Waals surface area contributed by atoms with Gasteiger partial charge in [0.2, 0.25) is 0 Å². The average Bonchev–Trinajstić information content (AvgIpc) is 3.46.